The number of aryl methyl sites for hydroxylation is 1. The summed E-state index contributed by atoms with van der Waals surface area (Å²) in [4.78, 5) is 19.0. The van der Waals surface area contributed by atoms with Gasteiger partial charge in [-0.15, -0.1) is 0 Å². The fourth-order valence-corrected chi connectivity index (χ4v) is 5.95. The summed E-state index contributed by atoms with van der Waals surface area (Å²) in [5.41, 5.74) is 4.95. The number of hydrogen-bond acceptors (Lipinski definition) is 8. The molecule has 5 aromatic rings. The van der Waals surface area contributed by atoms with E-state index in [-0.39, 0.29) is 11.9 Å². The van der Waals surface area contributed by atoms with Gasteiger partial charge in [-0.3, -0.25) is 4.40 Å². The number of hydrogen-bond donors (Lipinski definition) is 1. The van der Waals surface area contributed by atoms with Crippen LogP contribution in [0.3, 0.4) is 0 Å². The van der Waals surface area contributed by atoms with E-state index in [1.54, 1.807) is 12.1 Å². The Morgan fingerprint density at radius 3 is 2.45 bits per heavy atom. The van der Waals surface area contributed by atoms with E-state index in [1.165, 1.54) is 23.5 Å². The summed E-state index contributed by atoms with van der Waals surface area (Å²) >= 11 is 1.30. The van der Waals surface area contributed by atoms with Gasteiger partial charge in [-0.05, 0) is 67.8 Å². The van der Waals surface area contributed by atoms with Gasteiger partial charge in [-0.25, -0.2) is 19.3 Å². The molecule has 0 bridgehead atoms. The van der Waals surface area contributed by atoms with Crippen molar-refractivity contribution in [3.05, 3.63) is 77.3 Å². The zero-order valence-corrected chi connectivity index (χ0v) is 23.1. The summed E-state index contributed by atoms with van der Waals surface area (Å²) in [5, 5.41) is 20.3. The van der Waals surface area contributed by atoms with Crippen molar-refractivity contribution >= 4 is 33.8 Å². The quantitative estimate of drug-likeness (QED) is 0.283. The Hall–Kier alpha value is -4.33. The number of imidazole rings is 1. The molecule has 8 nitrogen and oxygen atoms in total. The van der Waals surface area contributed by atoms with Gasteiger partial charge in [0.25, 0.3) is 0 Å². The minimum atomic E-state index is -0.333. The summed E-state index contributed by atoms with van der Waals surface area (Å²) in [6.07, 6.45) is 5.97. The lowest BCUT2D eigenvalue weighted by atomic mass is 10.1. The first-order valence-corrected chi connectivity index (χ1v) is 14.1. The second-order valence-electron chi connectivity index (χ2n) is 9.86. The normalized spacial score (nSPS) is 14.0. The summed E-state index contributed by atoms with van der Waals surface area (Å²) in [7, 11) is 1.93. The van der Waals surface area contributed by atoms with Crippen LogP contribution in [-0.2, 0) is 6.42 Å². The second kappa shape index (κ2) is 10.7. The third-order valence-corrected chi connectivity index (χ3v) is 8.34. The molecule has 40 heavy (non-hydrogen) atoms. The number of pyridine rings is 2. The lowest BCUT2D eigenvalue weighted by Gasteiger charge is -2.30. The number of anilines is 3. The van der Waals surface area contributed by atoms with Gasteiger partial charge in [0.2, 0.25) is 0 Å². The molecule has 6 rings (SSSR count). The molecule has 0 amide bonds. The first-order valence-electron chi connectivity index (χ1n) is 13.3. The Morgan fingerprint density at radius 2 is 1.77 bits per heavy atom. The molecule has 0 unspecified atom stereocenters. The van der Waals surface area contributed by atoms with E-state index in [9.17, 15) is 14.8 Å². The van der Waals surface area contributed by atoms with Crippen molar-refractivity contribution in [2.45, 2.75) is 32.3 Å². The lowest BCUT2D eigenvalue weighted by Crippen LogP contribution is -2.36. The Bertz CT molecular complexity index is 1700. The minimum Gasteiger partial charge on any atom is -0.393 e. The highest BCUT2D eigenvalue weighted by molar-refractivity contribution is 7.16. The fraction of sp³-hybridized carbons (Fsp3) is 0.267. The number of aliphatic hydroxyl groups excluding tert-OH is 1. The van der Waals surface area contributed by atoms with Crippen molar-refractivity contribution in [2.75, 3.05) is 29.9 Å². The highest BCUT2D eigenvalue weighted by Gasteiger charge is 2.22. The van der Waals surface area contributed by atoms with Crippen molar-refractivity contribution in [2.24, 2.45) is 0 Å². The smallest absolute Gasteiger partial charge is 0.192 e. The van der Waals surface area contributed by atoms with Crippen LogP contribution in [0.25, 0.3) is 28.0 Å². The molecule has 0 spiro atoms. The van der Waals surface area contributed by atoms with Crippen molar-refractivity contribution in [3.63, 3.8) is 0 Å². The Morgan fingerprint density at radius 1 is 1.05 bits per heavy atom. The van der Waals surface area contributed by atoms with Crippen LogP contribution in [-0.4, -0.2) is 50.7 Å². The van der Waals surface area contributed by atoms with Gasteiger partial charge in [0.1, 0.15) is 39.7 Å². The number of aromatic nitrogens is 4. The average Bonchev–Trinajstić information content (AvgIpc) is 3.59. The first-order chi connectivity index (χ1) is 19.4. The standard InChI is InChI=1S/C30H28FN7OS/c1-3-24-29(36(2)30-35-28(25(16-32)40-30)19-4-8-22(31)9-5-19)38-18-21(7-11-27(38)34-24)20-6-10-26(33-17-20)37-14-12-23(39)13-15-37/h4-11,17-18,23,39H,3,12-15H2,1-2H3. The van der Waals surface area contributed by atoms with Crippen molar-refractivity contribution in [1.29, 1.82) is 5.26 Å². The molecule has 0 atom stereocenters. The lowest BCUT2D eigenvalue weighted by molar-refractivity contribution is 0.145. The van der Waals surface area contributed by atoms with Crippen LogP contribution < -0.4 is 9.80 Å². The van der Waals surface area contributed by atoms with Gasteiger partial charge < -0.3 is 14.9 Å². The van der Waals surface area contributed by atoms with E-state index in [1.807, 2.05) is 36.3 Å². The van der Waals surface area contributed by atoms with Gasteiger partial charge in [0.05, 0.1) is 11.8 Å². The van der Waals surface area contributed by atoms with Gasteiger partial charge >= 0.3 is 0 Å². The molecule has 1 aromatic carbocycles. The largest absolute Gasteiger partial charge is 0.393 e. The van der Waals surface area contributed by atoms with E-state index in [0.717, 1.165) is 66.5 Å². The molecule has 1 aliphatic rings. The minimum absolute atomic E-state index is 0.219. The number of halogens is 1. The summed E-state index contributed by atoms with van der Waals surface area (Å²) in [6, 6.07) is 16.4. The molecule has 0 radical (unpaired) electrons. The molecule has 1 saturated heterocycles. The van der Waals surface area contributed by atoms with Gasteiger partial charge in [0.15, 0.2) is 5.13 Å². The zero-order chi connectivity index (χ0) is 27.8. The topological polar surface area (TPSA) is 93.6 Å². The molecule has 0 aliphatic carbocycles. The number of nitrogens with zero attached hydrogens (tertiary/aromatic N) is 7. The number of rotatable bonds is 6. The van der Waals surface area contributed by atoms with Crippen LogP contribution in [0.2, 0.25) is 0 Å². The number of benzene rings is 1. The van der Waals surface area contributed by atoms with E-state index in [2.05, 4.69) is 34.6 Å². The Balaban J connectivity index is 1.35. The van der Waals surface area contributed by atoms with Crippen LogP contribution in [0.4, 0.5) is 21.2 Å². The van der Waals surface area contributed by atoms with Crippen LogP contribution in [0.1, 0.15) is 30.3 Å². The summed E-state index contributed by atoms with van der Waals surface area (Å²) in [6.45, 7) is 3.67. The number of fused-ring (bicyclic) bond motifs is 1. The number of aliphatic hydroxyl groups is 1. The molecule has 4 aromatic heterocycles. The molecule has 0 saturated carbocycles. The zero-order valence-electron chi connectivity index (χ0n) is 22.3. The van der Waals surface area contributed by atoms with E-state index < -0.39 is 0 Å². The predicted octanol–water partition coefficient (Wildman–Crippen LogP) is 5.82. The van der Waals surface area contributed by atoms with Gasteiger partial charge in [0, 0.05) is 49.2 Å². The van der Waals surface area contributed by atoms with E-state index in [4.69, 9.17) is 15.0 Å². The monoisotopic (exact) mass is 553 g/mol. The molecule has 202 valence electrons. The summed E-state index contributed by atoms with van der Waals surface area (Å²) < 4.78 is 15.5. The highest BCUT2D eigenvalue weighted by Crippen LogP contribution is 2.37. The number of thiazole rings is 1. The Kier molecular flexibility index (Phi) is 6.92. The molecule has 1 aliphatic heterocycles. The van der Waals surface area contributed by atoms with Crippen LogP contribution in [0.5, 0.6) is 0 Å². The predicted molar refractivity (Wildman–Crippen MR) is 156 cm³/mol. The number of nitriles is 1. The van der Waals surface area contributed by atoms with Gasteiger partial charge in [-0.1, -0.05) is 18.3 Å². The van der Waals surface area contributed by atoms with Crippen LogP contribution in [0.15, 0.2) is 60.9 Å². The van der Waals surface area contributed by atoms with Crippen LogP contribution >= 0.6 is 11.3 Å². The summed E-state index contributed by atoms with van der Waals surface area (Å²) in [5.74, 6) is 1.46. The van der Waals surface area contributed by atoms with Crippen LogP contribution in [0, 0.1) is 17.1 Å². The molecular weight excluding hydrogens is 525 g/mol. The van der Waals surface area contributed by atoms with Gasteiger partial charge in [-0.2, -0.15) is 5.26 Å². The second-order valence-corrected chi connectivity index (χ2v) is 10.8. The molecule has 1 fully saturated rings. The fourth-order valence-electron chi connectivity index (χ4n) is 5.11. The molecular formula is C30H28FN7OS. The SMILES string of the molecule is CCc1nc2ccc(-c3ccc(N4CCC(O)CC4)nc3)cn2c1N(C)c1nc(-c2ccc(F)cc2)c(C#N)s1. The van der Waals surface area contributed by atoms with Crippen molar-refractivity contribution in [3.8, 4) is 28.5 Å². The molecule has 5 heterocycles. The highest BCUT2D eigenvalue weighted by atomic mass is 32.1. The third kappa shape index (κ3) is 4.78. The maximum atomic E-state index is 13.5. The van der Waals surface area contributed by atoms with Crippen molar-refractivity contribution < 1.29 is 9.50 Å². The maximum absolute atomic E-state index is 13.5. The van der Waals surface area contributed by atoms with Crippen molar-refractivity contribution in [1.82, 2.24) is 19.4 Å². The van der Waals surface area contributed by atoms with E-state index in [0.29, 0.717) is 21.3 Å². The first kappa shape index (κ1) is 25.9. The molecule has 10 heteroatoms. The molecule has 1 N–H and O–H groups in total. The third-order valence-electron chi connectivity index (χ3n) is 7.31. The average molecular weight is 554 g/mol. The maximum Gasteiger partial charge on any atom is 0.192 e. The Labute approximate surface area is 235 Å². The van der Waals surface area contributed by atoms with E-state index >= 15 is 0 Å². The number of piperidine rings is 1.